The number of hydrogen-bond donors (Lipinski definition) is 1. The van der Waals surface area contributed by atoms with Crippen LogP contribution in [-0.2, 0) is 6.54 Å². The summed E-state index contributed by atoms with van der Waals surface area (Å²) in [5.74, 6) is 0.415. The van der Waals surface area contributed by atoms with Crippen molar-refractivity contribution < 1.29 is 4.79 Å². The summed E-state index contributed by atoms with van der Waals surface area (Å²) in [6, 6.07) is 4.39. The van der Waals surface area contributed by atoms with Gasteiger partial charge in [-0.05, 0) is 37.6 Å². The molecule has 0 aromatic carbocycles. The first-order valence-electron chi connectivity index (χ1n) is 8.70. The topological polar surface area (TPSA) is 66.3 Å². The van der Waals surface area contributed by atoms with E-state index in [2.05, 4.69) is 33.3 Å². The van der Waals surface area contributed by atoms with Gasteiger partial charge in [-0.2, -0.15) is 0 Å². The van der Waals surface area contributed by atoms with Gasteiger partial charge in [0.05, 0.1) is 6.33 Å². The van der Waals surface area contributed by atoms with Crippen LogP contribution in [0.5, 0.6) is 0 Å². The van der Waals surface area contributed by atoms with Gasteiger partial charge in [0.25, 0.3) is 0 Å². The number of hydrogen-bond acceptors (Lipinski definition) is 4. The van der Waals surface area contributed by atoms with Crippen molar-refractivity contribution in [1.82, 2.24) is 29.7 Å². The Morgan fingerprint density at radius 2 is 2.28 bits per heavy atom. The average Bonchev–Trinajstić information content (AvgIpc) is 3.25. The van der Waals surface area contributed by atoms with Gasteiger partial charge >= 0.3 is 6.03 Å². The maximum atomic E-state index is 12.3. The minimum absolute atomic E-state index is 0.0281. The second-order valence-electron chi connectivity index (χ2n) is 6.67. The number of amides is 2. The van der Waals surface area contributed by atoms with E-state index in [0.29, 0.717) is 18.5 Å². The summed E-state index contributed by atoms with van der Waals surface area (Å²) < 4.78 is 1.95. The number of nitrogens with one attached hydrogen (secondary N) is 1. The normalized spacial score (nSPS) is 20.6. The Morgan fingerprint density at radius 1 is 1.40 bits per heavy atom. The van der Waals surface area contributed by atoms with Gasteiger partial charge in [0.1, 0.15) is 0 Å². The Balaban J connectivity index is 1.52. The van der Waals surface area contributed by atoms with E-state index in [0.717, 1.165) is 26.1 Å². The molecule has 0 bridgehead atoms. The fourth-order valence-corrected chi connectivity index (χ4v) is 3.58. The molecule has 0 spiro atoms. The van der Waals surface area contributed by atoms with Crippen LogP contribution in [0.3, 0.4) is 0 Å². The highest BCUT2D eigenvalue weighted by molar-refractivity contribution is 5.73. The molecule has 2 aromatic heterocycles. The van der Waals surface area contributed by atoms with E-state index in [4.69, 9.17) is 0 Å². The average molecular weight is 342 g/mol. The Bertz CT molecular complexity index is 659. The number of carbonyl (C=O) groups is 1. The van der Waals surface area contributed by atoms with Crippen LogP contribution >= 0.6 is 0 Å². The van der Waals surface area contributed by atoms with Gasteiger partial charge < -0.3 is 14.8 Å². The van der Waals surface area contributed by atoms with Gasteiger partial charge in [0.2, 0.25) is 0 Å². The highest BCUT2D eigenvalue weighted by atomic mass is 16.2. The molecule has 1 aliphatic heterocycles. The summed E-state index contributed by atoms with van der Waals surface area (Å²) >= 11 is 0. The zero-order chi connectivity index (χ0) is 17.6. The minimum Gasteiger partial charge on any atom is -0.336 e. The lowest BCUT2D eigenvalue weighted by atomic mass is 9.94. The van der Waals surface area contributed by atoms with E-state index in [9.17, 15) is 4.79 Å². The van der Waals surface area contributed by atoms with E-state index < -0.39 is 0 Å². The Kier molecular flexibility index (Phi) is 5.65. The van der Waals surface area contributed by atoms with Crippen molar-refractivity contribution in [2.45, 2.75) is 19.0 Å². The molecule has 1 aliphatic rings. The first kappa shape index (κ1) is 17.4. The van der Waals surface area contributed by atoms with Gasteiger partial charge in [-0.1, -0.05) is 6.07 Å². The van der Waals surface area contributed by atoms with E-state index in [1.807, 2.05) is 30.1 Å². The summed E-state index contributed by atoms with van der Waals surface area (Å²) in [5, 5.41) is 2.97. The minimum atomic E-state index is -0.0281. The molecule has 2 atom stereocenters. The summed E-state index contributed by atoms with van der Waals surface area (Å²) in [4.78, 5) is 24.7. The third kappa shape index (κ3) is 4.36. The molecule has 7 heteroatoms. The molecule has 2 amide bonds. The molecule has 0 aliphatic carbocycles. The maximum absolute atomic E-state index is 12.3. The number of imidazole rings is 1. The standard InChI is InChI=1S/C18H26N6O/c1-22-9-5-16(17(22)15-4-3-6-19-12-15)13-23(2)18(25)21-8-11-24-10-7-20-14-24/h3-4,6-7,10,12,14,16-17H,5,8-9,11,13H2,1-2H3,(H,21,25)/t16-,17-/m0/s1. The van der Waals surface area contributed by atoms with Gasteiger partial charge in [0.15, 0.2) is 0 Å². The lowest BCUT2D eigenvalue weighted by molar-refractivity contribution is 0.189. The quantitative estimate of drug-likeness (QED) is 0.866. The van der Waals surface area contributed by atoms with Crippen LogP contribution in [0.25, 0.3) is 0 Å². The molecular weight excluding hydrogens is 316 g/mol. The third-order valence-corrected chi connectivity index (χ3v) is 4.86. The molecule has 25 heavy (non-hydrogen) atoms. The number of rotatable bonds is 6. The predicted octanol–water partition coefficient (Wildman–Crippen LogP) is 1.61. The molecule has 3 rings (SSSR count). The third-order valence-electron chi connectivity index (χ3n) is 4.86. The second-order valence-corrected chi connectivity index (χ2v) is 6.67. The fraction of sp³-hybridized carbons (Fsp3) is 0.500. The lowest BCUT2D eigenvalue weighted by Gasteiger charge is -2.28. The van der Waals surface area contributed by atoms with Crippen molar-refractivity contribution in [2.24, 2.45) is 5.92 Å². The summed E-state index contributed by atoms with van der Waals surface area (Å²) in [5.41, 5.74) is 1.22. The van der Waals surface area contributed by atoms with Crippen LogP contribution in [0.4, 0.5) is 4.79 Å². The Labute approximate surface area is 148 Å². The van der Waals surface area contributed by atoms with Crippen LogP contribution in [0.2, 0.25) is 0 Å². The fourth-order valence-electron chi connectivity index (χ4n) is 3.58. The van der Waals surface area contributed by atoms with E-state index in [-0.39, 0.29) is 6.03 Å². The number of carbonyl (C=O) groups excluding carboxylic acids is 1. The molecule has 1 fully saturated rings. The molecule has 3 heterocycles. The zero-order valence-corrected chi connectivity index (χ0v) is 14.9. The number of likely N-dealkylation sites (tertiary alicyclic amines) is 1. The number of pyridine rings is 1. The molecule has 134 valence electrons. The summed E-state index contributed by atoms with van der Waals surface area (Å²) in [6.07, 6.45) is 10.2. The molecule has 2 aromatic rings. The Morgan fingerprint density at radius 3 is 3.00 bits per heavy atom. The largest absolute Gasteiger partial charge is 0.336 e. The number of nitrogens with zero attached hydrogens (tertiary/aromatic N) is 5. The first-order valence-corrected chi connectivity index (χ1v) is 8.70. The zero-order valence-electron chi connectivity index (χ0n) is 14.9. The molecule has 0 unspecified atom stereocenters. The van der Waals surface area contributed by atoms with Crippen molar-refractivity contribution in [2.75, 3.05) is 33.7 Å². The van der Waals surface area contributed by atoms with E-state index in [1.165, 1.54) is 5.56 Å². The van der Waals surface area contributed by atoms with Crippen LogP contribution in [0, 0.1) is 5.92 Å². The van der Waals surface area contributed by atoms with Crippen molar-refractivity contribution in [3.63, 3.8) is 0 Å². The highest BCUT2D eigenvalue weighted by Crippen LogP contribution is 2.35. The molecule has 0 saturated carbocycles. The van der Waals surface area contributed by atoms with Gasteiger partial charge in [-0.25, -0.2) is 9.78 Å². The van der Waals surface area contributed by atoms with Gasteiger partial charge in [0, 0.05) is 57.5 Å². The van der Waals surface area contributed by atoms with Crippen LogP contribution in [-0.4, -0.2) is 64.1 Å². The van der Waals surface area contributed by atoms with Crippen molar-refractivity contribution in [3.05, 3.63) is 48.8 Å². The monoisotopic (exact) mass is 342 g/mol. The first-order chi connectivity index (χ1) is 12.1. The molecular formula is C18H26N6O. The number of aromatic nitrogens is 3. The Hall–Kier alpha value is -2.41. The number of urea groups is 1. The van der Waals surface area contributed by atoms with E-state index in [1.54, 1.807) is 23.6 Å². The summed E-state index contributed by atoms with van der Waals surface area (Å²) in [7, 11) is 4.01. The molecule has 7 nitrogen and oxygen atoms in total. The van der Waals surface area contributed by atoms with E-state index >= 15 is 0 Å². The lowest BCUT2D eigenvalue weighted by Crippen LogP contribution is -2.41. The van der Waals surface area contributed by atoms with Crippen LogP contribution < -0.4 is 5.32 Å². The molecule has 1 saturated heterocycles. The SMILES string of the molecule is CN(C[C@@H]1CCN(C)[C@H]1c1cccnc1)C(=O)NCCn1ccnc1. The van der Waals surface area contributed by atoms with Crippen LogP contribution in [0.1, 0.15) is 18.0 Å². The summed E-state index contributed by atoms with van der Waals surface area (Å²) in [6.45, 7) is 3.10. The highest BCUT2D eigenvalue weighted by Gasteiger charge is 2.34. The van der Waals surface area contributed by atoms with Crippen molar-refractivity contribution in [1.29, 1.82) is 0 Å². The van der Waals surface area contributed by atoms with Crippen molar-refractivity contribution >= 4 is 6.03 Å². The predicted molar refractivity (Wildman–Crippen MR) is 96.0 cm³/mol. The van der Waals surface area contributed by atoms with Crippen LogP contribution in [0.15, 0.2) is 43.2 Å². The molecule has 1 N–H and O–H groups in total. The second kappa shape index (κ2) is 8.11. The maximum Gasteiger partial charge on any atom is 0.317 e. The molecule has 0 radical (unpaired) electrons. The van der Waals surface area contributed by atoms with Gasteiger partial charge in [-0.3, -0.25) is 9.88 Å². The van der Waals surface area contributed by atoms with Gasteiger partial charge in [-0.15, -0.1) is 0 Å². The van der Waals surface area contributed by atoms with Crippen molar-refractivity contribution in [3.8, 4) is 0 Å². The smallest absolute Gasteiger partial charge is 0.317 e.